The summed E-state index contributed by atoms with van der Waals surface area (Å²) in [5.41, 5.74) is 2.64. The molecule has 41 heavy (non-hydrogen) atoms. The molecule has 0 unspecified atom stereocenters. The first-order valence-electron chi connectivity index (χ1n) is 14.1. The molecule has 8 heteroatoms. The third kappa shape index (κ3) is 7.86. The molecule has 0 fully saturated rings. The monoisotopic (exact) mass is 559 g/mol. The second-order valence-electron chi connectivity index (χ2n) is 10.7. The van der Waals surface area contributed by atoms with Crippen LogP contribution in [0, 0.1) is 5.92 Å². The molecule has 0 aromatic heterocycles. The third-order valence-electron chi connectivity index (χ3n) is 7.69. The van der Waals surface area contributed by atoms with Gasteiger partial charge >= 0.3 is 0 Å². The summed E-state index contributed by atoms with van der Waals surface area (Å²) < 4.78 is 17.4. The first kappa shape index (κ1) is 30.1. The fraction of sp³-hybridized carbons (Fsp3) is 0.394. The van der Waals surface area contributed by atoms with Gasteiger partial charge in [0.25, 0.3) is 11.8 Å². The van der Waals surface area contributed by atoms with Crippen molar-refractivity contribution in [2.24, 2.45) is 5.92 Å². The Morgan fingerprint density at radius 2 is 1.78 bits per heavy atom. The number of methoxy groups -OCH3 is 2. The highest BCUT2D eigenvalue weighted by Gasteiger charge is 2.28. The average molecular weight is 560 g/mol. The Morgan fingerprint density at radius 3 is 2.51 bits per heavy atom. The predicted molar refractivity (Wildman–Crippen MR) is 161 cm³/mol. The summed E-state index contributed by atoms with van der Waals surface area (Å²) in [5, 5.41) is 2.90. The van der Waals surface area contributed by atoms with Gasteiger partial charge in [-0.2, -0.15) is 0 Å². The Kier molecular flexibility index (Phi) is 10.4. The first-order chi connectivity index (χ1) is 19.8. The SMILES string of the molecule is COc1cccc(C(=O)Nc2ccc3c(c2)C(=O)N(C)C[C@H](OC)[C@H](C)CN(CCc2ccccc2)[C@@H](C)CO3)c1. The molecule has 3 aromatic rings. The van der Waals surface area contributed by atoms with Gasteiger partial charge in [0.2, 0.25) is 0 Å². The molecule has 1 aliphatic heterocycles. The largest absolute Gasteiger partial charge is 0.497 e. The number of ether oxygens (including phenoxy) is 3. The van der Waals surface area contributed by atoms with Crippen LogP contribution in [0.5, 0.6) is 11.5 Å². The number of amides is 2. The maximum Gasteiger partial charge on any atom is 0.257 e. The van der Waals surface area contributed by atoms with Crippen molar-refractivity contribution >= 4 is 17.5 Å². The van der Waals surface area contributed by atoms with Crippen molar-refractivity contribution in [1.82, 2.24) is 9.80 Å². The number of nitrogens with zero attached hydrogens (tertiary/aromatic N) is 2. The molecule has 8 nitrogen and oxygen atoms in total. The minimum absolute atomic E-state index is 0.103. The Bertz CT molecular complexity index is 1320. The summed E-state index contributed by atoms with van der Waals surface area (Å²) in [7, 11) is 5.03. The molecule has 3 aromatic carbocycles. The number of rotatable bonds is 7. The lowest BCUT2D eigenvalue weighted by molar-refractivity contribution is 0.0109. The highest BCUT2D eigenvalue weighted by atomic mass is 16.5. The van der Waals surface area contributed by atoms with Crippen LogP contribution < -0.4 is 14.8 Å². The van der Waals surface area contributed by atoms with E-state index in [-0.39, 0.29) is 29.9 Å². The number of likely N-dealkylation sites (N-methyl/N-ethyl adjacent to an activating group) is 1. The number of carbonyl (C=O) groups excluding carboxylic acids is 2. The molecule has 0 saturated heterocycles. The highest BCUT2D eigenvalue weighted by Crippen LogP contribution is 2.27. The molecule has 218 valence electrons. The Morgan fingerprint density at radius 1 is 1.00 bits per heavy atom. The van der Waals surface area contributed by atoms with Gasteiger partial charge in [0, 0.05) is 51.1 Å². The number of hydrogen-bond donors (Lipinski definition) is 1. The van der Waals surface area contributed by atoms with E-state index >= 15 is 0 Å². The zero-order valence-corrected chi connectivity index (χ0v) is 24.6. The summed E-state index contributed by atoms with van der Waals surface area (Å²) in [5.74, 6) is 0.768. The molecule has 3 atom stereocenters. The molecule has 1 N–H and O–H groups in total. The van der Waals surface area contributed by atoms with Crippen molar-refractivity contribution in [3.05, 3.63) is 89.5 Å². The molecular formula is C33H41N3O5. The van der Waals surface area contributed by atoms with Gasteiger partial charge in [-0.3, -0.25) is 14.5 Å². The van der Waals surface area contributed by atoms with Gasteiger partial charge in [-0.25, -0.2) is 0 Å². The molecule has 0 spiro atoms. The molecule has 0 saturated carbocycles. The van der Waals surface area contributed by atoms with Crippen LogP contribution in [0.4, 0.5) is 5.69 Å². The molecule has 2 amide bonds. The Hall–Kier alpha value is -3.88. The molecule has 1 aliphatic rings. The van der Waals surface area contributed by atoms with Crippen LogP contribution in [0.15, 0.2) is 72.8 Å². The minimum Gasteiger partial charge on any atom is -0.497 e. The van der Waals surface area contributed by atoms with E-state index in [9.17, 15) is 9.59 Å². The summed E-state index contributed by atoms with van der Waals surface area (Å²) >= 11 is 0. The van der Waals surface area contributed by atoms with Gasteiger partial charge in [-0.05, 0) is 61.2 Å². The maximum absolute atomic E-state index is 13.7. The highest BCUT2D eigenvalue weighted by molar-refractivity contribution is 6.05. The lowest BCUT2D eigenvalue weighted by Gasteiger charge is -2.36. The number of fused-ring (bicyclic) bond motifs is 1. The van der Waals surface area contributed by atoms with Crippen LogP contribution in [0.1, 0.15) is 40.1 Å². The smallest absolute Gasteiger partial charge is 0.257 e. The molecule has 4 rings (SSSR count). The second kappa shape index (κ2) is 14.1. The average Bonchev–Trinajstić information content (AvgIpc) is 3.00. The molecule has 0 bridgehead atoms. The number of nitrogens with one attached hydrogen (secondary N) is 1. The molecule has 0 aliphatic carbocycles. The van der Waals surface area contributed by atoms with Crippen molar-refractivity contribution in [2.45, 2.75) is 32.4 Å². The predicted octanol–water partition coefficient (Wildman–Crippen LogP) is 5.00. The zero-order valence-electron chi connectivity index (χ0n) is 24.6. The summed E-state index contributed by atoms with van der Waals surface area (Å²) in [6, 6.07) is 22.7. The summed E-state index contributed by atoms with van der Waals surface area (Å²) in [6.07, 6.45) is 0.788. The van der Waals surface area contributed by atoms with Crippen LogP contribution in [0.3, 0.4) is 0 Å². The lowest BCUT2D eigenvalue weighted by atomic mass is 10.0. The van der Waals surface area contributed by atoms with E-state index in [2.05, 4.69) is 48.3 Å². The minimum atomic E-state index is -0.297. The van der Waals surface area contributed by atoms with Gasteiger partial charge < -0.3 is 24.4 Å². The zero-order chi connectivity index (χ0) is 29.4. The number of carbonyl (C=O) groups is 2. The standard InChI is InChI=1S/C33H41N3O5/c1-23-20-36(17-16-25-10-7-6-8-11-25)24(2)22-41-30-15-14-27(19-29(30)33(38)35(3)21-31(23)40-5)34-32(37)26-12-9-13-28(18-26)39-4/h6-15,18-19,23-24,31H,16-17,20-22H2,1-5H3,(H,34,37)/t23-,24+,31+/m1/s1. The van der Waals surface area contributed by atoms with Crippen molar-refractivity contribution < 1.29 is 23.8 Å². The van der Waals surface area contributed by atoms with E-state index in [1.165, 1.54) is 5.56 Å². The van der Waals surface area contributed by atoms with E-state index in [0.717, 1.165) is 19.5 Å². The molecule has 0 radical (unpaired) electrons. The molecule has 1 heterocycles. The van der Waals surface area contributed by atoms with Crippen LogP contribution in [0.25, 0.3) is 0 Å². The van der Waals surface area contributed by atoms with Crippen LogP contribution in [-0.2, 0) is 11.2 Å². The van der Waals surface area contributed by atoms with E-state index in [1.54, 1.807) is 68.6 Å². The summed E-state index contributed by atoms with van der Waals surface area (Å²) in [4.78, 5) is 30.7. The normalized spacial score (nSPS) is 20.3. The van der Waals surface area contributed by atoms with Gasteiger partial charge in [0.15, 0.2) is 0 Å². The fourth-order valence-electron chi connectivity index (χ4n) is 5.13. The van der Waals surface area contributed by atoms with Gasteiger partial charge in [0.05, 0.1) is 18.8 Å². The number of benzene rings is 3. The quantitative estimate of drug-likeness (QED) is 0.439. The fourth-order valence-corrected chi connectivity index (χ4v) is 5.13. The van der Waals surface area contributed by atoms with E-state index in [1.807, 2.05) is 6.07 Å². The lowest BCUT2D eigenvalue weighted by Crippen LogP contribution is -2.47. The summed E-state index contributed by atoms with van der Waals surface area (Å²) in [6.45, 7) is 6.87. The van der Waals surface area contributed by atoms with Gasteiger partial charge in [0.1, 0.15) is 18.1 Å². The van der Waals surface area contributed by atoms with Crippen molar-refractivity contribution in [3.63, 3.8) is 0 Å². The third-order valence-corrected chi connectivity index (χ3v) is 7.69. The second-order valence-corrected chi connectivity index (χ2v) is 10.7. The van der Waals surface area contributed by atoms with Crippen LogP contribution in [-0.4, -0.2) is 81.3 Å². The Balaban J connectivity index is 1.58. The van der Waals surface area contributed by atoms with Crippen molar-refractivity contribution in [2.75, 3.05) is 52.8 Å². The first-order valence-corrected chi connectivity index (χ1v) is 14.1. The van der Waals surface area contributed by atoms with Crippen molar-refractivity contribution in [1.29, 1.82) is 0 Å². The Labute approximate surface area is 243 Å². The number of hydrogen-bond acceptors (Lipinski definition) is 6. The number of anilines is 1. The van der Waals surface area contributed by atoms with Gasteiger partial charge in [-0.1, -0.05) is 43.3 Å². The van der Waals surface area contributed by atoms with E-state index in [0.29, 0.717) is 41.5 Å². The van der Waals surface area contributed by atoms with Gasteiger partial charge in [-0.15, -0.1) is 0 Å². The molecular weight excluding hydrogens is 518 g/mol. The van der Waals surface area contributed by atoms with E-state index in [4.69, 9.17) is 14.2 Å². The maximum atomic E-state index is 13.7. The van der Waals surface area contributed by atoms with Crippen LogP contribution in [0.2, 0.25) is 0 Å². The topological polar surface area (TPSA) is 80.3 Å². The van der Waals surface area contributed by atoms with Crippen molar-refractivity contribution in [3.8, 4) is 11.5 Å². The van der Waals surface area contributed by atoms with E-state index < -0.39 is 0 Å². The van der Waals surface area contributed by atoms with Crippen LogP contribution >= 0.6 is 0 Å².